The van der Waals surface area contributed by atoms with Crippen molar-refractivity contribution in [1.82, 2.24) is 9.80 Å². The molecular formula is C30H32N2O3. The second-order valence-electron chi connectivity index (χ2n) is 9.31. The van der Waals surface area contributed by atoms with Gasteiger partial charge in [-0.2, -0.15) is 0 Å². The molecule has 0 saturated carbocycles. The van der Waals surface area contributed by atoms with Crippen molar-refractivity contribution in [2.75, 3.05) is 26.7 Å². The summed E-state index contributed by atoms with van der Waals surface area (Å²) in [5.74, 6) is 0.951. The second kappa shape index (κ2) is 10.8. The quantitative estimate of drug-likeness (QED) is 0.309. The molecule has 1 unspecified atom stereocenters. The molecule has 0 radical (unpaired) electrons. The van der Waals surface area contributed by atoms with E-state index < -0.39 is 0 Å². The van der Waals surface area contributed by atoms with Crippen LogP contribution in [-0.4, -0.2) is 42.4 Å². The Morgan fingerprint density at radius 1 is 1.00 bits per heavy atom. The molecule has 1 amide bonds. The Bertz CT molecular complexity index is 1260. The van der Waals surface area contributed by atoms with Gasteiger partial charge in [0, 0.05) is 24.5 Å². The van der Waals surface area contributed by atoms with Crippen molar-refractivity contribution in [2.24, 2.45) is 0 Å². The maximum Gasteiger partial charge on any atom is 0.226 e. The molecule has 1 atom stereocenters. The van der Waals surface area contributed by atoms with Crippen LogP contribution < -0.4 is 4.74 Å². The van der Waals surface area contributed by atoms with Gasteiger partial charge in [-0.1, -0.05) is 60.7 Å². The van der Waals surface area contributed by atoms with Crippen LogP contribution in [0, 0.1) is 0 Å². The monoisotopic (exact) mass is 468 g/mol. The number of carbonyl (C=O) groups is 1. The normalized spacial score (nSPS) is 14.8. The predicted octanol–water partition coefficient (Wildman–Crippen LogP) is 5.85. The Hall–Kier alpha value is -3.57. The zero-order chi connectivity index (χ0) is 24.0. The number of rotatable bonds is 9. The molecule has 1 aromatic heterocycles. The molecule has 1 fully saturated rings. The van der Waals surface area contributed by atoms with E-state index in [2.05, 4.69) is 35.2 Å². The smallest absolute Gasteiger partial charge is 0.226 e. The lowest BCUT2D eigenvalue weighted by atomic mass is 10.0. The predicted molar refractivity (Wildman–Crippen MR) is 138 cm³/mol. The molecule has 0 bridgehead atoms. The van der Waals surface area contributed by atoms with E-state index in [9.17, 15) is 4.79 Å². The number of hydrogen-bond donors (Lipinski definition) is 0. The van der Waals surface area contributed by atoms with Crippen LogP contribution in [0.3, 0.4) is 0 Å². The minimum atomic E-state index is 0.0947. The van der Waals surface area contributed by atoms with E-state index >= 15 is 0 Å². The van der Waals surface area contributed by atoms with E-state index in [0.29, 0.717) is 19.6 Å². The van der Waals surface area contributed by atoms with Crippen molar-refractivity contribution in [3.63, 3.8) is 0 Å². The van der Waals surface area contributed by atoms with E-state index in [4.69, 9.17) is 9.15 Å². The fourth-order valence-electron chi connectivity index (χ4n) is 4.87. The Labute approximate surface area is 206 Å². The minimum absolute atomic E-state index is 0.0947. The molecule has 180 valence electrons. The first-order chi connectivity index (χ1) is 17.2. The number of nitrogens with zero attached hydrogens (tertiary/aromatic N) is 2. The van der Waals surface area contributed by atoms with Gasteiger partial charge in [0.1, 0.15) is 17.9 Å². The summed E-state index contributed by atoms with van der Waals surface area (Å²) >= 11 is 0. The summed E-state index contributed by atoms with van der Waals surface area (Å²) in [6.45, 7) is 3.27. The highest BCUT2D eigenvalue weighted by molar-refractivity contribution is 5.87. The average molecular weight is 469 g/mol. The molecular weight excluding hydrogens is 436 g/mol. The third-order valence-electron chi connectivity index (χ3n) is 6.85. The van der Waals surface area contributed by atoms with Gasteiger partial charge in [0.25, 0.3) is 0 Å². The maximum absolute atomic E-state index is 13.2. The number of furan rings is 1. The summed E-state index contributed by atoms with van der Waals surface area (Å²) in [6, 6.07) is 26.5. The third-order valence-corrected chi connectivity index (χ3v) is 6.85. The number of amides is 1. The number of para-hydroxylation sites is 1. The van der Waals surface area contributed by atoms with Gasteiger partial charge < -0.3 is 14.1 Å². The standard InChI is InChI=1S/C30H32N2O3/c1-31(30(33)19-25-22-35-29-15-6-5-14-27(25)29)20-28(32-16-7-8-17-32)24-12-9-13-26(18-24)34-21-23-10-3-2-4-11-23/h2-6,9-15,18,22,28H,7-8,16-17,19-21H2,1H3. The molecule has 35 heavy (non-hydrogen) atoms. The van der Waals surface area contributed by atoms with Gasteiger partial charge in [-0.05, 0) is 55.3 Å². The van der Waals surface area contributed by atoms with Gasteiger partial charge in [-0.25, -0.2) is 0 Å². The Kier molecular flexibility index (Phi) is 7.15. The largest absolute Gasteiger partial charge is 0.489 e. The summed E-state index contributed by atoms with van der Waals surface area (Å²) < 4.78 is 11.7. The van der Waals surface area contributed by atoms with Crippen LogP contribution in [0.4, 0.5) is 0 Å². The first kappa shape index (κ1) is 23.2. The number of likely N-dealkylation sites (tertiary alicyclic amines) is 1. The number of carbonyl (C=O) groups excluding carboxylic acids is 1. The van der Waals surface area contributed by atoms with Gasteiger partial charge in [-0.15, -0.1) is 0 Å². The van der Waals surface area contributed by atoms with Crippen molar-refractivity contribution >= 4 is 16.9 Å². The summed E-state index contributed by atoms with van der Waals surface area (Å²) in [7, 11) is 1.91. The Morgan fingerprint density at radius 2 is 1.77 bits per heavy atom. The molecule has 2 heterocycles. The first-order valence-corrected chi connectivity index (χ1v) is 12.4. The molecule has 3 aromatic carbocycles. The third kappa shape index (κ3) is 5.57. The molecule has 5 rings (SSSR count). The van der Waals surface area contributed by atoms with Gasteiger partial charge in [-0.3, -0.25) is 9.69 Å². The Morgan fingerprint density at radius 3 is 2.60 bits per heavy atom. The molecule has 5 heteroatoms. The first-order valence-electron chi connectivity index (χ1n) is 12.4. The zero-order valence-electron chi connectivity index (χ0n) is 20.2. The zero-order valence-corrected chi connectivity index (χ0v) is 20.2. The van der Waals surface area contributed by atoms with Crippen molar-refractivity contribution < 1.29 is 13.9 Å². The van der Waals surface area contributed by atoms with E-state index in [0.717, 1.165) is 40.9 Å². The van der Waals surface area contributed by atoms with Crippen molar-refractivity contribution in [3.05, 3.63) is 102 Å². The van der Waals surface area contributed by atoms with E-state index in [1.54, 1.807) is 6.26 Å². The van der Waals surface area contributed by atoms with Crippen molar-refractivity contribution in [3.8, 4) is 5.75 Å². The summed E-state index contributed by atoms with van der Waals surface area (Å²) in [5.41, 5.74) is 4.09. The molecule has 0 N–H and O–H groups in total. The van der Waals surface area contributed by atoms with Gasteiger partial charge in [0.05, 0.1) is 18.7 Å². The summed E-state index contributed by atoms with van der Waals surface area (Å²) in [4.78, 5) is 17.6. The number of benzene rings is 3. The number of hydrogen-bond acceptors (Lipinski definition) is 4. The molecule has 1 aliphatic rings. The topological polar surface area (TPSA) is 45.9 Å². The van der Waals surface area contributed by atoms with Gasteiger partial charge in [0.15, 0.2) is 0 Å². The molecule has 1 aliphatic heterocycles. The van der Waals surface area contributed by atoms with Crippen LogP contribution in [0.1, 0.15) is 35.6 Å². The second-order valence-corrected chi connectivity index (χ2v) is 9.31. The highest BCUT2D eigenvalue weighted by atomic mass is 16.5. The molecule has 0 spiro atoms. The summed E-state index contributed by atoms with van der Waals surface area (Å²) in [5, 5.41) is 1.01. The van der Waals surface area contributed by atoms with Crippen LogP contribution in [0.2, 0.25) is 0 Å². The van der Waals surface area contributed by atoms with E-state index in [-0.39, 0.29) is 11.9 Å². The number of likely N-dealkylation sites (N-methyl/N-ethyl adjacent to an activating group) is 1. The van der Waals surface area contributed by atoms with Crippen LogP contribution in [0.15, 0.2) is 89.5 Å². The highest BCUT2D eigenvalue weighted by Crippen LogP contribution is 2.29. The lowest BCUT2D eigenvalue weighted by Gasteiger charge is -2.32. The molecule has 5 nitrogen and oxygen atoms in total. The summed E-state index contributed by atoms with van der Waals surface area (Å²) in [6.07, 6.45) is 4.43. The molecule has 1 saturated heterocycles. The van der Waals surface area contributed by atoms with Gasteiger partial charge in [0.2, 0.25) is 5.91 Å². The maximum atomic E-state index is 13.2. The lowest BCUT2D eigenvalue weighted by Crippen LogP contribution is -2.38. The Balaban J connectivity index is 1.29. The molecule has 0 aliphatic carbocycles. The van der Waals surface area contributed by atoms with Crippen LogP contribution in [0.5, 0.6) is 5.75 Å². The highest BCUT2D eigenvalue weighted by Gasteiger charge is 2.27. The fourth-order valence-corrected chi connectivity index (χ4v) is 4.87. The van der Waals surface area contributed by atoms with E-state index in [1.807, 2.05) is 60.5 Å². The number of fused-ring (bicyclic) bond motifs is 1. The van der Waals surface area contributed by atoms with E-state index in [1.165, 1.54) is 18.4 Å². The fraction of sp³-hybridized carbons (Fsp3) is 0.300. The van der Waals surface area contributed by atoms with Crippen LogP contribution >= 0.6 is 0 Å². The van der Waals surface area contributed by atoms with Crippen LogP contribution in [-0.2, 0) is 17.8 Å². The SMILES string of the molecule is CN(CC(c1cccc(OCc2ccccc2)c1)N1CCCC1)C(=O)Cc1coc2ccccc12. The molecule has 4 aromatic rings. The lowest BCUT2D eigenvalue weighted by molar-refractivity contribution is -0.129. The minimum Gasteiger partial charge on any atom is -0.489 e. The van der Waals surface area contributed by atoms with Gasteiger partial charge >= 0.3 is 0 Å². The van der Waals surface area contributed by atoms with Crippen molar-refractivity contribution in [2.45, 2.75) is 31.9 Å². The van der Waals surface area contributed by atoms with Crippen molar-refractivity contribution in [1.29, 1.82) is 0 Å². The number of ether oxygens (including phenoxy) is 1. The average Bonchev–Trinajstić information content (AvgIpc) is 3.57. The van der Waals surface area contributed by atoms with Crippen LogP contribution in [0.25, 0.3) is 11.0 Å².